The summed E-state index contributed by atoms with van der Waals surface area (Å²) >= 11 is 6.91. The molecule has 2 aromatic carbocycles. The highest BCUT2D eigenvalue weighted by atomic mass is 35.5. The third-order valence-electron chi connectivity index (χ3n) is 5.87. The van der Waals surface area contributed by atoms with Gasteiger partial charge in [0.15, 0.2) is 15.3 Å². The summed E-state index contributed by atoms with van der Waals surface area (Å²) in [4.78, 5) is 37.7. The van der Waals surface area contributed by atoms with Gasteiger partial charge in [-0.15, -0.1) is 0 Å². The van der Waals surface area contributed by atoms with E-state index in [0.29, 0.717) is 22.4 Å². The Morgan fingerprint density at radius 2 is 1.75 bits per heavy atom. The van der Waals surface area contributed by atoms with Crippen LogP contribution in [0, 0.1) is 0 Å². The first-order valence-electron chi connectivity index (χ1n) is 10.9. The van der Waals surface area contributed by atoms with Gasteiger partial charge in [-0.05, 0) is 25.1 Å². The van der Waals surface area contributed by atoms with Gasteiger partial charge in [-0.25, -0.2) is 18.4 Å². The molecule has 3 heterocycles. The lowest BCUT2D eigenvalue weighted by Gasteiger charge is -2.23. The smallest absolute Gasteiger partial charge is 0.264 e. The highest BCUT2D eigenvalue weighted by Crippen LogP contribution is 2.34. The Labute approximate surface area is 210 Å². The second kappa shape index (κ2) is 8.89. The molecule has 5 rings (SSSR count). The first kappa shape index (κ1) is 23.7. The third kappa shape index (κ3) is 3.94. The topological polar surface area (TPSA) is 127 Å². The zero-order chi connectivity index (χ0) is 25.6. The van der Waals surface area contributed by atoms with Crippen LogP contribution in [-0.2, 0) is 9.84 Å². The summed E-state index contributed by atoms with van der Waals surface area (Å²) in [5, 5.41) is 3.98. The zero-order valence-electron chi connectivity index (χ0n) is 19.2. The zero-order valence-corrected chi connectivity index (χ0v) is 20.8. The number of H-pyrrole nitrogens is 1. The van der Waals surface area contributed by atoms with Crippen molar-refractivity contribution in [1.29, 1.82) is 0 Å². The van der Waals surface area contributed by atoms with Crippen LogP contribution in [0.25, 0.3) is 27.5 Å². The normalized spacial score (nSPS) is 12.6. The summed E-state index contributed by atoms with van der Waals surface area (Å²) in [7, 11) is -3.72. The molecule has 0 saturated heterocycles. The maximum Gasteiger partial charge on any atom is 0.264 e. The molecular weight excluding hydrogens is 502 g/mol. The number of rotatable bonds is 5. The number of pyridine rings is 2. The molecule has 0 radical (unpaired) electrons. The summed E-state index contributed by atoms with van der Waals surface area (Å²) in [5.41, 5.74) is 0.432. The lowest BCUT2D eigenvalue weighted by atomic mass is 10.1. The Bertz CT molecular complexity index is 1860. The third-order valence-corrected chi connectivity index (χ3v) is 7.41. The molecule has 0 aliphatic carbocycles. The molecule has 5 aromatic rings. The molecule has 0 saturated carbocycles. The van der Waals surface area contributed by atoms with Crippen LogP contribution in [0.5, 0.6) is 0 Å². The first-order chi connectivity index (χ1) is 17.2. The summed E-state index contributed by atoms with van der Waals surface area (Å²) < 4.78 is 26.4. The number of fused-ring (bicyclic) bond motifs is 2. The molecule has 3 aromatic heterocycles. The van der Waals surface area contributed by atoms with Gasteiger partial charge < -0.3 is 10.3 Å². The van der Waals surface area contributed by atoms with Crippen LogP contribution in [0.3, 0.4) is 0 Å². The van der Waals surface area contributed by atoms with E-state index < -0.39 is 21.4 Å². The number of nitrogens with zero attached hydrogens (tertiary/aromatic N) is 3. The number of hydrogen-bond acceptors (Lipinski definition) is 7. The number of aromatic nitrogens is 4. The molecule has 0 unspecified atom stereocenters. The second-order valence-electron chi connectivity index (χ2n) is 8.28. The lowest BCUT2D eigenvalue weighted by molar-refractivity contribution is 0.602. The molecule has 2 N–H and O–H groups in total. The van der Waals surface area contributed by atoms with Crippen LogP contribution in [0.1, 0.15) is 18.7 Å². The number of halogens is 1. The fraction of sp³-hybridized carbons (Fsp3) is 0.120. The van der Waals surface area contributed by atoms with E-state index in [1.165, 1.54) is 29.2 Å². The van der Waals surface area contributed by atoms with Gasteiger partial charge in [-0.1, -0.05) is 41.9 Å². The molecule has 9 nitrogen and oxygen atoms in total. The number of benzene rings is 2. The van der Waals surface area contributed by atoms with Gasteiger partial charge in [0.05, 0.1) is 27.0 Å². The van der Waals surface area contributed by atoms with Crippen LogP contribution in [0.2, 0.25) is 5.02 Å². The number of anilines is 1. The van der Waals surface area contributed by atoms with Crippen molar-refractivity contribution in [2.75, 3.05) is 11.6 Å². The SMILES string of the molecule is C[C@H](Nc1ncnc2[nH]ccc(=O)c12)c1c(Cl)c2cccc(S(C)(=O)=O)c2c(=O)n1-c1ccccc1. The van der Waals surface area contributed by atoms with Crippen LogP contribution >= 0.6 is 11.6 Å². The predicted molar refractivity (Wildman–Crippen MR) is 140 cm³/mol. The molecule has 0 spiro atoms. The standard InChI is InChI=1S/C25H20ClN5O4S/c1-14(30-24-20-17(32)11-12-27-23(20)28-13-29-24)22-21(26)16-9-6-10-18(36(2,34)35)19(16)25(33)31(22)15-7-4-3-5-8-15/h3-14H,1-2H3,(H2,27,28,29,30,32)/t14-/m0/s1. The molecular formula is C25H20ClN5O4S. The van der Waals surface area contributed by atoms with E-state index in [4.69, 9.17) is 11.6 Å². The van der Waals surface area contributed by atoms with Crippen molar-refractivity contribution >= 4 is 49.1 Å². The predicted octanol–water partition coefficient (Wildman–Crippen LogP) is 3.85. The molecule has 0 aliphatic rings. The van der Waals surface area contributed by atoms with Gasteiger partial charge in [0, 0.05) is 29.6 Å². The van der Waals surface area contributed by atoms with Gasteiger partial charge in [-0.2, -0.15) is 0 Å². The molecule has 0 bridgehead atoms. The average molecular weight is 522 g/mol. The minimum atomic E-state index is -3.72. The highest BCUT2D eigenvalue weighted by Gasteiger charge is 2.25. The summed E-state index contributed by atoms with van der Waals surface area (Å²) in [6.45, 7) is 1.78. The Morgan fingerprint density at radius 1 is 1.00 bits per heavy atom. The van der Waals surface area contributed by atoms with Gasteiger partial charge in [0.2, 0.25) is 0 Å². The van der Waals surface area contributed by atoms with Crippen molar-refractivity contribution < 1.29 is 8.42 Å². The molecule has 182 valence electrons. The van der Waals surface area contributed by atoms with Gasteiger partial charge in [0.1, 0.15) is 23.2 Å². The second-order valence-corrected chi connectivity index (χ2v) is 10.6. The minimum Gasteiger partial charge on any atom is -0.361 e. The fourth-order valence-corrected chi connectivity index (χ4v) is 5.61. The Kier molecular flexibility index (Phi) is 5.85. The van der Waals surface area contributed by atoms with E-state index in [-0.39, 0.29) is 31.9 Å². The molecule has 11 heteroatoms. The molecule has 36 heavy (non-hydrogen) atoms. The fourth-order valence-electron chi connectivity index (χ4n) is 4.31. The Hall–Kier alpha value is -4.02. The number of para-hydroxylation sites is 1. The van der Waals surface area contributed by atoms with Gasteiger partial charge >= 0.3 is 0 Å². The number of sulfone groups is 1. The molecule has 0 amide bonds. The van der Waals surface area contributed by atoms with Crippen LogP contribution in [0.15, 0.2) is 81.6 Å². The van der Waals surface area contributed by atoms with E-state index in [2.05, 4.69) is 20.3 Å². The van der Waals surface area contributed by atoms with Crippen LogP contribution in [-0.4, -0.2) is 34.2 Å². The highest BCUT2D eigenvalue weighted by molar-refractivity contribution is 7.91. The average Bonchev–Trinajstić information content (AvgIpc) is 2.85. The van der Waals surface area contributed by atoms with Crippen LogP contribution in [0.4, 0.5) is 5.82 Å². The van der Waals surface area contributed by atoms with Crippen molar-refractivity contribution in [1.82, 2.24) is 19.5 Å². The Balaban J connectivity index is 1.82. The van der Waals surface area contributed by atoms with Crippen LogP contribution < -0.4 is 16.3 Å². The van der Waals surface area contributed by atoms with Crippen molar-refractivity contribution in [2.24, 2.45) is 0 Å². The van der Waals surface area contributed by atoms with E-state index in [9.17, 15) is 18.0 Å². The number of nitrogens with one attached hydrogen (secondary N) is 2. The summed E-state index contributed by atoms with van der Waals surface area (Å²) in [5.74, 6) is 0.266. The Morgan fingerprint density at radius 3 is 2.47 bits per heavy atom. The molecule has 0 aliphatic heterocycles. The minimum absolute atomic E-state index is 0.00809. The monoisotopic (exact) mass is 521 g/mol. The maximum absolute atomic E-state index is 13.9. The van der Waals surface area contributed by atoms with E-state index in [1.807, 2.05) is 0 Å². The van der Waals surface area contributed by atoms with E-state index in [1.54, 1.807) is 49.4 Å². The number of hydrogen-bond donors (Lipinski definition) is 2. The first-order valence-corrected chi connectivity index (χ1v) is 13.2. The van der Waals surface area contributed by atoms with Crippen molar-refractivity contribution in [3.8, 4) is 5.69 Å². The van der Waals surface area contributed by atoms with Gasteiger partial charge in [0.25, 0.3) is 5.56 Å². The maximum atomic E-state index is 13.9. The number of aromatic amines is 1. The largest absolute Gasteiger partial charge is 0.361 e. The van der Waals surface area contributed by atoms with Crippen molar-refractivity contribution in [2.45, 2.75) is 17.9 Å². The summed E-state index contributed by atoms with van der Waals surface area (Å²) in [6, 6.07) is 14.1. The summed E-state index contributed by atoms with van der Waals surface area (Å²) in [6.07, 6.45) is 3.87. The molecule has 1 atom stereocenters. The molecule has 0 fully saturated rings. The quantitative estimate of drug-likeness (QED) is 0.359. The van der Waals surface area contributed by atoms with Crippen molar-refractivity contribution in [3.05, 3.63) is 98.4 Å². The van der Waals surface area contributed by atoms with E-state index >= 15 is 0 Å². The lowest BCUT2D eigenvalue weighted by Crippen LogP contribution is -2.27. The van der Waals surface area contributed by atoms with E-state index in [0.717, 1.165) is 6.26 Å². The van der Waals surface area contributed by atoms with Crippen molar-refractivity contribution in [3.63, 3.8) is 0 Å². The van der Waals surface area contributed by atoms with Gasteiger partial charge in [-0.3, -0.25) is 14.2 Å².